The van der Waals surface area contributed by atoms with Crippen LogP contribution in [0.25, 0.3) is 21.6 Å². The lowest BCUT2D eigenvalue weighted by Gasteiger charge is -2.31. The van der Waals surface area contributed by atoms with Gasteiger partial charge in [-0.2, -0.15) is 0 Å². The number of thiophene rings is 1. The predicted octanol–water partition coefficient (Wildman–Crippen LogP) is 3.94. The van der Waals surface area contributed by atoms with Gasteiger partial charge in [-0.05, 0) is 48.6 Å². The molecule has 0 radical (unpaired) electrons. The first-order chi connectivity index (χ1) is 14.3. The number of anilines is 2. The maximum Gasteiger partial charge on any atom is 0.229 e. The van der Waals surface area contributed by atoms with Crippen molar-refractivity contribution in [3.8, 4) is 10.6 Å². The number of benzene rings is 1. The monoisotopic (exact) mass is 404 g/mol. The number of para-hydroxylation sites is 2. The van der Waals surface area contributed by atoms with Crippen LogP contribution in [0.1, 0.15) is 12.8 Å². The van der Waals surface area contributed by atoms with Crippen molar-refractivity contribution >= 4 is 40.0 Å². The van der Waals surface area contributed by atoms with Crippen molar-refractivity contribution in [3.63, 3.8) is 0 Å². The molecule has 1 fully saturated rings. The van der Waals surface area contributed by atoms with Crippen LogP contribution in [0.2, 0.25) is 0 Å². The second kappa shape index (κ2) is 7.63. The molecule has 3 aromatic heterocycles. The van der Waals surface area contributed by atoms with Gasteiger partial charge in [0.15, 0.2) is 5.82 Å². The minimum Gasteiger partial charge on any atom is -0.355 e. The van der Waals surface area contributed by atoms with Crippen LogP contribution in [0.3, 0.4) is 0 Å². The number of nitrogens with one attached hydrogen (secondary N) is 2. The summed E-state index contributed by atoms with van der Waals surface area (Å²) in [6, 6.07) is 15.8. The summed E-state index contributed by atoms with van der Waals surface area (Å²) in [4.78, 5) is 23.5. The van der Waals surface area contributed by atoms with E-state index in [0.29, 0.717) is 5.95 Å². The molecule has 146 valence electrons. The Hall–Kier alpha value is -3.26. The van der Waals surface area contributed by atoms with E-state index in [9.17, 15) is 4.79 Å². The number of piperidine rings is 1. The van der Waals surface area contributed by atoms with Crippen LogP contribution in [-0.4, -0.2) is 39.2 Å². The second-order valence-electron chi connectivity index (χ2n) is 7.11. The SMILES string of the molecule is O=C(Nc1nc2ccccc2[nH]1)C1CCN(c2ccc(-c3cccs3)nn2)CC1. The molecule has 0 bridgehead atoms. The molecule has 4 aromatic rings. The van der Waals surface area contributed by atoms with Crippen molar-refractivity contribution in [1.29, 1.82) is 0 Å². The van der Waals surface area contributed by atoms with E-state index in [1.54, 1.807) is 11.3 Å². The van der Waals surface area contributed by atoms with Gasteiger partial charge in [-0.15, -0.1) is 21.5 Å². The largest absolute Gasteiger partial charge is 0.355 e. The highest BCUT2D eigenvalue weighted by Gasteiger charge is 2.26. The highest BCUT2D eigenvalue weighted by atomic mass is 32.1. The molecular formula is C21H20N6OS. The van der Waals surface area contributed by atoms with Gasteiger partial charge in [-0.1, -0.05) is 18.2 Å². The Morgan fingerprint density at radius 1 is 1.07 bits per heavy atom. The summed E-state index contributed by atoms with van der Waals surface area (Å²) >= 11 is 1.65. The Labute approximate surface area is 171 Å². The van der Waals surface area contributed by atoms with Gasteiger partial charge in [0.25, 0.3) is 0 Å². The lowest BCUT2D eigenvalue weighted by atomic mass is 9.96. The van der Waals surface area contributed by atoms with Gasteiger partial charge < -0.3 is 9.88 Å². The van der Waals surface area contributed by atoms with Gasteiger partial charge in [-0.3, -0.25) is 10.1 Å². The summed E-state index contributed by atoms with van der Waals surface area (Å²) in [5.41, 5.74) is 2.66. The van der Waals surface area contributed by atoms with Crippen molar-refractivity contribution < 1.29 is 4.79 Å². The molecule has 1 amide bonds. The number of aromatic nitrogens is 4. The zero-order valence-electron chi connectivity index (χ0n) is 15.7. The normalized spacial score (nSPS) is 15.0. The lowest BCUT2D eigenvalue weighted by molar-refractivity contribution is -0.120. The van der Waals surface area contributed by atoms with Crippen LogP contribution in [0, 0.1) is 5.92 Å². The standard InChI is InChI=1S/C21H20N6OS/c28-20(24-21-22-15-4-1-2-5-16(15)23-21)14-9-11-27(12-10-14)19-8-7-17(25-26-19)18-6-3-13-29-18/h1-8,13-14H,9-12H2,(H2,22,23,24,28). The van der Waals surface area contributed by atoms with Gasteiger partial charge in [0.1, 0.15) is 5.69 Å². The number of carbonyl (C=O) groups is 1. The molecule has 2 N–H and O–H groups in total. The number of hydrogen-bond acceptors (Lipinski definition) is 6. The zero-order chi connectivity index (χ0) is 19.6. The van der Waals surface area contributed by atoms with Gasteiger partial charge in [0.05, 0.1) is 15.9 Å². The summed E-state index contributed by atoms with van der Waals surface area (Å²) in [7, 11) is 0. The quantitative estimate of drug-likeness (QED) is 0.538. The number of imidazole rings is 1. The van der Waals surface area contributed by atoms with Gasteiger partial charge in [-0.25, -0.2) is 4.98 Å². The second-order valence-corrected chi connectivity index (χ2v) is 8.05. The van der Waals surface area contributed by atoms with E-state index in [2.05, 4.69) is 30.4 Å². The number of H-pyrrole nitrogens is 1. The first kappa shape index (κ1) is 17.8. The Kier molecular flexibility index (Phi) is 4.69. The molecular weight excluding hydrogens is 384 g/mol. The van der Waals surface area contributed by atoms with E-state index < -0.39 is 0 Å². The highest BCUT2D eigenvalue weighted by Crippen LogP contribution is 2.26. The van der Waals surface area contributed by atoms with E-state index in [1.165, 1.54) is 0 Å². The van der Waals surface area contributed by atoms with Crippen molar-refractivity contribution in [3.05, 3.63) is 53.9 Å². The fourth-order valence-corrected chi connectivity index (χ4v) is 4.34. The van der Waals surface area contributed by atoms with Gasteiger partial charge in [0.2, 0.25) is 11.9 Å². The van der Waals surface area contributed by atoms with Crippen molar-refractivity contribution in [2.45, 2.75) is 12.8 Å². The number of carbonyl (C=O) groups excluding carboxylic acids is 1. The van der Waals surface area contributed by atoms with Gasteiger partial charge >= 0.3 is 0 Å². The Morgan fingerprint density at radius 3 is 2.66 bits per heavy atom. The maximum absolute atomic E-state index is 12.6. The van der Waals surface area contributed by atoms with E-state index in [1.807, 2.05) is 53.9 Å². The smallest absolute Gasteiger partial charge is 0.229 e. The van der Waals surface area contributed by atoms with Gasteiger partial charge in [0, 0.05) is 19.0 Å². The Balaban J connectivity index is 1.19. The summed E-state index contributed by atoms with van der Waals surface area (Å²) < 4.78 is 0. The molecule has 4 heterocycles. The van der Waals surface area contributed by atoms with Crippen LogP contribution < -0.4 is 10.2 Å². The summed E-state index contributed by atoms with van der Waals surface area (Å²) in [5.74, 6) is 1.36. The molecule has 5 rings (SSSR count). The predicted molar refractivity (Wildman–Crippen MR) is 115 cm³/mol. The van der Waals surface area contributed by atoms with Crippen LogP contribution in [0.15, 0.2) is 53.9 Å². The molecule has 1 saturated heterocycles. The third-order valence-corrected chi connectivity index (χ3v) is 6.14. The number of aromatic amines is 1. The Morgan fingerprint density at radius 2 is 1.93 bits per heavy atom. The minimum absolute atomic E-state index is 0.0165. The molecule has 29 heavy (non-hydrogen) atoms. The van der Waals surface area contributed by atoms with Crippen LogP contribution in [0.5, 0.6) is 0 Å². The van der Waals surface area contributed by atoms with E-state index in [-0.39, 0.29) is 11.8 Å². The van der Waals surface area contributed by atoms with E-state index in [4.69, 9.17) is 0 Å². The Bertz CT molecular complexity index is 1080. The molecule has 1 aromatic carbocycles. The average Bonchev–Trinajstić information content (AvgIpc) is 3.43. The molecule has 7 nitrogen and oxygen atoms in total. The van der Waals surface area contributed by atoms with E-state index in [0.717, 1.165) is 53.4 Å². The third kappa shape index (κ3) is 3.71. The summed E-state index contributed by atoms with van der Waals surface area (Å²) in [5, 5.41) is 13.7. The third-order valence-electron chi connectivity index (χ3n) is 5.24. The lowest BCUT2D eigenvalue weighted by Crippen LogP contribution is -2.38. The zero-order valence-corrected chi connectivity index (χ0v) is 16.5. The van der Waals surface area contributed by atoms with Crippen molar-refractivity contribution in [1.82, 2.24) is 20.2 Å². The first-order valence-electron chi connectivity index (χ1n) is 9.64. The van der Waals surface area contributed by atoms with Crippen LogP contribution in [0.4, 0.5) is 11.8 Å². The average molecular weight is 404 g/mol. The fourth-order valence-electron chi connectivity index (χ4n) is 3.65. The molecule has 1 aliphatic heterocycles. The summed E-state index contributed by atoms with van der Waals surface area (Å²) in [6.45, 7) is 1.57. The molecule has 0 unspecified atom stereocenters. The van der Waals surface area contributed by atoms with Crippen molar-refractivity contribution in [2.24, 2.45) is 5.92 Å². The number of amides is 1. The molecule has 0 saturated carbocycles. The molecule has 0 atom stereocenters. The number of nitrogens with zero attached hydrogens (tertiary/aromatic N) is 4. The fraction of sp³-hybridized carbons (Fsp3) is 0.238. The molecule has 1 aliphatic rings. The van der Waals surface area contributed by atoms with E-state index >= 15 is 0 Å². The minimum atomic E-state index is -0.0298. The number of fused-ring (bicyclic) bond motifs is 1. The number of rotatable bonds is 4. The first-order valence-corrected chi connectivity index (χ1v) is 10.5. The van der Waals surface area contributed by atoms with Crippen LogP contribution >= 0.6 is 11.3 Å². The van der Waals surface area contributed by atoms with Crippen molar-refractivity contribution in [2.75, 3.05) is 23.3 Å². The van der Waals surface area contributed by atoms with Crippen LogP contribution in [-0.2, 0) is 4.79 Å². The highest BCUT2D eigenvalue weighted by molar-refractivity contribution is 7.13. The molecule has 0 aliphatic carbocycles. The summed E-state index contributed by atoms with van der Waals surface area (Å²) in [6.07, 6.45) is 1.56. The topological polar surface area (TPSA) is 86.8 Å². The maximum atomic E-state index is 12.6. The molecule has 8 heteroatoms. The number of hydrogen-bond donors (Lipinski definition) is 2. The molecule has 0 spiro atoms.